The molecule has 0 spiro atoms. The van der Waals surface area contributed by atoms with Gasteiger partial charge in [0.25, 0.3) is 5.91 Å². The monoisotopic (exact) mass is 370 g/mol. The van der Waals surface area contributed by atoms with Gasteiger partial charge in [-0.05, 0) is 43.2 Å². The molecule has 28 heavy (non-hydrogen) atoms. The van der Waals surface area contributed by atoms with Crippen molar-refractivity contribution < 1.29 is 9.59 Å². The Labute approximate surface area is 162 Å². The predicted octanol–water partition coefficient (Wildman–Crippen LogP) is 3.22. The minimum Gasteiger partial charge on any atom is -0.305 e. The number of benzene rings is 1. The van der Waals surface area contributed by atoms with Crippen LogP contribution in [0, 0.1) is 18.8 Å². The zero-order chi connectivity index (χ0) is 19.5. The molecule has 1 amide bonds. The van der Waals surface area contributed by atoms with Gasteiger partial charge in [-0.2, -0.15) is 5.10 Å². The number of anilines is 1. The summed E-state index contributed by atoms with van der Waals surface area (Å²) >= 11 is 0. The molecular formula is C22H18N4O2. The van der Waals surface area contributed by atoms with Gasteiger partial charge in [0.1, 0.15) is 5.69 Å². The van der Waals surface area contributed by atoms with Gasteiger partial charge >= 0.3 is 0 Å². The average Bonchev–Trinajstić information content (AvgIpc) is 3.12. The minimum absolute atomic E-state index is 0.0579. The highest BCUT2D eigenvalue weighted by Gasteiger charge is 2.20. The van der Waals surface area contributed by atoms with Gasteiger partial charge in [0.05, 0.1) is 0 Å². The fraction of sp³-hybridized carbons (Fsp3) is 0.182. The Hall–Kier alpha value is -3.72. The lowest BCUT2D eigenvalue weighted by atomic mass is 10.0. The van der Waals surface area contributed by atoms with E-state index in [-0.39, 0.29) is 11.7 Å². The molecule has 0 fully saturated rings. The molecule has 0 atom stereocenters. The van der Waals surface area contributed by atoms with Gasteiger partial charge in [-0.25, -0.2) is 0 Å². The molecule has 0 bridgehead atoms. The van der Waals surface area contributed by atoms with Crippen LogP contribution in [0.4, 0.5) is 5.82 Å². The van der Waals surface area contributed by atoms with Crippen LogP contribution in [0.2, 0.25) is 0 Å². The van der Waals surface area contributed by atoms with Crippen molar-refractivity contribution in [3.63, 3.8) is 0 Å². The van der Waals surface area contributed by atoms with Gasteiger partial charge < -0.3 is 5.32 Å². The Morgan fingerprint density at radius 2 is 2.11 bits per heavy atom. The number of hydrogen-bond donors (Lipinski definition) is 1. The van der Waals surface area contributed by atoms with Crippen LogP contribution in [-0.4, -0.2) is 26.5 Å². The fourth-order valence-electron chi connectivity index (χ4n) is 3.05. The van der Waals surface area contributed by atoms with Crippen molar-refractivity contribution >= 4 is 17.5 Å². The van der Waals surface area contributed by atoms with Crippen LogP contribution < -0.4 is 5.32 Å². The number of hydrogen-bond acceptors (Lipinski definition) is 4. The maximum absolute atomic E-state index is 12.6. The van der Waals surface area contributed by atoms with Crippen LogP contribution in [0.5, 0.6) is 0 Å². The van der Waals surface area contributed by atoms with E-state index >= 15 is 0 Å². The number of pyridine rings is 1. The lowest BCUT2D eigenvalue weighted by Gasteiger charge is -2.10. The molecule has 0 unspecified atom stereocenters. The van der Waals surface area contributed by atoms with Crippen molar-refractivity contribution in [3.8, 4) is 11.8 Å². The summed E-state index contributed by atoms with van der Waals surface area (Å²) in [6.45, 7) is 2.64. The summed E-state index contributed by atoms with van der Waals surface area (Å²) in [7, 11) is 0. The predicted molar refractivity (Wildman–Crippen MR) is 105 cm³/mol. The summed E-state index contributed by atoms with van der Waals surface area (Å²) in [6, 6.07) is 10.7. The molecule has 3 aromatic rings. The van der Waals surface area contributed by atoms with Crippen LogP contribution in [0.25, 0.3) is 0 Å². The lowest BCUT2D eigenvalue weighted by Crippen LogP contribution is -2.17. The Morgan fingerprint density at radius 1 is 1.21 bits per heavy atom. The number of Topliss-reactive ketones (excluding diaryl/α,β-unsaturated/α-hetero) is 1. The number of fused-ring (bicyclic) bond motifs is 1. The van der Waals surface area contributed by atoms with E-state index in [0.29, 0.717) is 30.0 Å². The summed E-state index contributed by atoms with van der Waals surface area (Å²) < 4.78 is 1.65. The SMILES string of the molecule is Cc1ccc(C(=O)Nc2cc3n(n2)CCCC3=O)cc1C#Cc1cccnc1. The molecule has 0 saturated carbocycles. The number of rotatable bonds is 2. The van der Waals surface area contributed by atoms with Crippen LogP contribution in [-0.2, 0) is 6.54 Å². The van der Waals surface area contributed by atoms with E-state index in [0.717, 1.165) is 23.1 Å². The molecule has 0 radical (unpaired) electrons. The van der Waals surface area contributed by atoms with Crippen molar-refractivity contribution in [2.24, 2.45) is 0 Å². The third-order valence-corrected chi connectivity index (χ3v) is 4.58. The van der Waals surface area contributed by atoms with Gasteiger partial charge in [0.2, 0.25) is 0 Å². The zero-order valence-electron chi connectivity index (χ0n) is 15.4. The molecular weight excluding hydrogens is 352 g/mol. The van der Waals surface area contributed by atoms with E-state index in [2.05, 4.69) is 27.2 Å². The summed E-state index contributed by atoms with van der Waals surface area (Å²) in [5, 5.41) is 7.09. The Bertz CT molecular complexity index is 1120. The summed E-state index contributed by atoms with van der Waals surface area (Å²) in [5.74, 6) is 6.32. The normalized spacial score (nSPS) is 12.7. The van der Waals surface area contributed by atoms with Crippen LogP contribution in [0.3, 0.4) is 0 Å². The second kappa shape index (κ2) is 7.49. The molecule has 6 heteroatoms. The van der Waals surface area contributed by atoms with Crippen molar-refractivity contribution in [1.82, 2.24) is 14.8 Å². The molecule has 3 heterocycles. The quantitative estimate of drug-likeness (QED) is 0.703. The van der Waals surface area contributed by atoms with Crippen LogP contribution in [0.15, 0.2) is 48.8 Å². The topological polar surface area (TPSA) is 76.9 Å². The standard InChI is InChI=1S/C22H18N4O2/c1-15-6-8-18(12-17(15)9-7-16-4-2-10-23-14-16)22(28)24-21-13-19-20(27)5-3-11-26(19)25-21/h2,4,6,8,10,12-14H,3,5,11H2,1H3,(H,24,25,28). The molecule has 2 aromatic heterocycles. The van der Waals surface area contributed by atoms with E-state index in [1.807, 2.05) is 25.1 Å². The van der Waals surface area contributed by atoms with Gasteiger partial charge in [-0.15, -0.1) is 0 Å². The number of aromatic nitrogens is 3. The van der Waals surface area contributed by atoms with Crippen molar-refractivity contribution in [2.75, 3.05) is 5.32 Å². The first-order valence-corrected chi connectivity index (χ1v) is 9.05. The summed E-state index contributed by atoms with van der Waals surface area (Å²) in [6.07, 6.45) is 4.69. The van der Waals surface area contributed by atoms with Gasteiger partial charge in [-0.3, -0.25) is 19.3 Å². The number of carbonyl (C=O) groups is 2. The molecule has 6 nitrogen and oxygen atoms in total. The van der Waals surface area contributed by atoms with Crippen LogP contribution >= 0.6 is 0 Å². The first-order chi connectivity index (χ1) is 13.6. The second-order valence-electron chi connectivity index (χ2n) is 6.64. The number of nitrogens with zero attached hydrogens (tertiary/aromatic N) is 3. The van der Waals surface area contributed by atoms with E-state index in [9.17, 15) is 9.59 Å². The highest BCUT2D eigenvalue weighted by atomic mass is 16.2. The van der Waals surface area contributed by atoms with E-state index in [4.69, 9.17) is 0 Å². The molecule has 4 rings (SSSR count). The lowest BCUT2D eigenvalue weighted by molar-refractivity contribution is 0.0951. The Balaban J connectivity index is 1.55. The number of amides is 1. The Morgan fingerprint density at radius 3 is 2.89 bits per heavy atom. The molecule has 1 aromatic carbocycles. The molecule has 138 valence electrons. The highest BCUT2D eigenvalue weighted by molar-refractivity contribution is 6.05. The summed E-state index contributed by atoms with van der Waals surface area (Å²) in [4.78, 5) is 28.6. The molecule has 1 aliphatic heterocycles. The third kappa shape index (κ3) is 3.69. The molecule has 0 aliphatic carbocycles. The van der Waals surface area contributed by atoms with E-state index < -0.39 is 0 Å². The first kappa shape index (κ1) is 17.7. The largest absolute Gasteiger partial charge is 0.305 e. The van der Waals surface area contributed by atoms with Crippen LogP contribution in [0.1, 0.15) is 50.4 Å². The number of ketones is 1. The minimum atomic E-state index is -0.285. The van der Waals surface area contributed by atoms with Gasteiger partial charge in [0, 0.05) is 48.1 Å². The average molecular weight is 370 g/mol. The summed E-state index contributed by atoms with van der Waals surface area (Å²) in [5.41, 5.74) is 3.60. The third-order valence-electron chi connectivity index (χ3n) is 4.58. The van der Waals surface area contributed by atoms with Crippen molar-refractivity contribution in [2.45, 2.75) is 26.3 Å². The molecule has 1 N–H and O–H groups in total. The van der Waals surface area contributed by atoms with Gasteiger partial charge in [0.15, 0.2) is 11.6 Å². The van der Waals surface area contributed by atoms with Gasteiger partial charge in [-0.1, -0.05) is 17.9 Å². The maximum atomic E-state index is 12.6. The van der Waals surface area contributed by atoms with Crippen molar-refractivity contribution in [1.29, 1.82) is 0 Å². The van der Waals surface area contributed by atoms with E-state index in [1.54, 1.807) is 35.3 Å². The second-order valence-corrected chi connectivity index (χ2v) is 6.64. The van der Waals surface area contributed by atoms with Crippen molar-refractivity contribution in [3.05, 3.63) is 76.7 Å². The number of aryl methyl sites for hydroxylation is 2. The number of carbonyl (C=O) groups excluding carboxylic acids is 2. The first-order valence-electron chi connectivity index (χ1n) is 9.05. The maximum Gasteiger partial charge on any atom is 0.256 e. The molecule has 0 saturated heterocycles. The fourth-order valence-corrected chi connectivity index (χ4v) is 3.05. The van der Waals surface area contributed by atoms with E-state index in [1.165, 1.54) is 0 Å². The zero-order valence-corrected chi connectivity index (χ0v) is 15.4. The molecule has 1 aliphatic rings. The number of nitrogens with one attached hydrogen (secondary N) is 1. The highest BCUT2D eigenvalue weighted by Crippen LogP contribution is 2.19. The Kier molecular flexibility index (Phi) is 4.73. The smallest absolute Gasteiger partial charge is 0.256 e.